The van der Waals surface area contributed by atoms with Crippen LogP contribution in [0, 0.1) is 13.8 Å². The molecule has 1 aliphatic rings. The summed E-state index contributed by atoms with van der Waals surface area (Å²) in [5, 5.41) is 0. The number of anilines is 2. The van der Waals surface area contributed by atoms with E-state index in [4.69, 9.17) is 5.73 Å². The van der Waals surface area contributed by atoms with Crippen molar-refractivity contribution in [3.05, 3.63) is 53.7 Å². The van der Waals surface area contributed by atoms with Crippen molar-refractivity contribution in [2.75, 3.05) is 31.1 Å². The van der Waals surface area contributed by atoms with E-state index in [1.807, 2.05) is 12.3 Å². The summed E-state index contributed by atoms with van der Waals surface area (Å²) in [6.07, 6.45) is 4.07. The van der Waals surface area contributed by atoms with Gasteiger partial charge in [0.05, 0.1) is 0 Å². The predicted molar refractivity (Wildman–Crippen MR) is 101 cm³/mol. The molecule has 0 radical (unpaired) electrons. The van der Waals surface area contributed by atoms with Gasteiger partial charge in [-0.15, -0.1) is 0 Å². The van der Waals surface area contributed by atoms with Crippen molar-refractivity contribution in [3.63, 3.8) is 0 Å². The zero-order valence-electron chi connectivity index (χ0n) is 14.8. The third-order valence-corrected chi connectivity index (χ3v) is 4.72. The first-order valence-electron chi connectivity index (χ1n) is 8.86. The van der Waals surface area contributed by atoms with Gasteiger partial charge in [-0.05, 0) is 75.2 Å². The van der Waals surface area contributed by atoms with E-state index in [0.717, 1.165) is 44.8 Å². The van der Waals surface area contributed by atoms with E-state index in [1.54, 1.807) is 0 Å². The standard InChI is InChI=1S/C20H28N4/c1-16-13-17(2)15-19(14-16)24(20-5-3-4-8-22-20)12-11-23-9-6-18(21)7-10-23/h3-5,8,13-15,18H,6-7,9-12,21H2,1-2H3. The van der Waals surface area contributed by atoms with E-state index in [2.05, 4.69) is 59.0 Å². The molecule has 1 aromatic carbocycles. The van der Waals surface area contributed by atoms with Gasteiger partial charge < -0.3 is 15.5 Å². The first kappa shape index (κ1) is 16.9. The number of pyridine rings is 1. The first-order chi connectivity index (χ1) is 11.6. The van der Waals surface area contributed by atoms with Crippen molar-refractivity contribution in [1.82, 2.24) is 9.88 Å². The summed E-state index contributed by atoms with van der Waals surface area (Å²) in [4.78, 5) is 9.42. The van der Waals surface area contributed by atoms with Crippen LogP contribution in [0.4, 0.5) is 11.5 Å². The van der Waals surface area contributed by atoms with E-state index in [0.29, 0.717) is 6.04 Å². The minimum atomic E-state index is 0.382. The van der Waals surface area contributed by atoms with Crippen LogP contribution in [0.5, 0.6) is 0 Å². The molecule has 24 heavy (non-hydrogen) atoms. The summed E-state index contributed by atoms with van der Waals surface area (Å²) in [5.41, 5.74) is 9.82. The SMILES string of the molecule is Cc1cc(C)cc(N(CCN2CCC(N)CC2)c2ccccn2)c1. The average molecular weight is 324 g/mol. The molecule has 128 valence electrons. The summed E-state index contributed by atoms with van der Waals surface area (Å²) in [5.74, 6) is 1.01. The highest BCUT2D eigenvalue weighted by Crippen LogP contribution is 2.25. The third kappa shape index (κ3) is 4.34. The molecule has 1 aliphatic heterocycles. The Labute approximate surface area is 145 Å². The number of nitrogens with zero attached hydrogens (tertiary/aromatic N) is 3. The monoisotopic (exact) mass is 324 g/mol. The van der Waals surface area contributed by atoms with Gasteiger partial charge in [-0.3, -0.25) is 0 Å². The molecule has 3 rings (SSSR count). The first-order valence-corrected chi connectivity index (χ1v) is 8.86. The minimum Gasteiger partial charge on any atom is -0.328 e. The van der Waals surface area contributed by atoms with Crippen molar-refractivity contribution in [2.45, 2.75) is 32.7 Å². The van der Waals surface area contributed by atoms with Crippen LogP contribution in [0.2, 0.25) is 0 Å². The van der Waals surface area contributed by atoms with Crippen LogP contribution >= 0.6 is 0 Å². The largest absolute Gasteiger partial charge is 0.328 e. The van der Waals surface area contributed by atoms with E-state index < -0.39 is 0 Å². The summed E-state index contributed by atoms with van der Waals surface area (Å²) in [7, 11) is 0. The maximum absolute atomic E-state index is 6.02. The number of piperidine rings is 1. The Hall–Kier alpha value is -1.91. The van der Waals surface area contributed by atoms with Gasteiger partial charge >= 0.3 is 0 Å². The van der Waals surface area contributed by atoms with Gasteiger partial charge in [0.15, 0.2) is 0 Å². The fraction of sp³-hybridized carbons (Fsp3) is 0.450. The number of hydrogen-bond acceptors (Lipinski definition) is 4. The number of aryl methyl sites for hydroxylation is 2. The second-order valence-electron chi connectivity index (χ2n) is 6.86. The maximum Gasteiger partial charge on any atom is 0.132 e. The smallest absolute Gasteiger partial charge is 0.132 e. The molecule has 0 atom stereocenters. The van der Waals surface area contributed by atoms with Crippen molar-refractivity contribution < 1.29 is 0 Å². The summed E-state index contributed by atoms with van der Waals surface area (Å²) < 4.78 is 0. The molecule has 2 aromatic rings. The van der Waals surface area contributed by atoms with E-state index >= 15 is 0 Å². The lowest BCUT2D eigenvalue weighted by Gasteiger charge is -2.33. The Morgan fingerprint density at radius 2 is 1.83 bits per heavy atom. The fourth-order valence-corrected chi connectivity index (χ4v) is 3.41. The van der Waals surface area contributed by atoms with Crippen LogP contribution in [0.1, 0.15) is 24.0 Å². The molecule has 0 saturated carbocycles. The third-order valence-electron chi connectivity index (χ3n) is 4.72. The normalized spacial score (nSPS) is 16.3. The van der Waals surface area contributed by atoms with Crippen molar-refractivity contribution in [2.24, 2.45) is 5.73 Å². The molecule has 4 heteroatoms. The molecule has 1 aromatic heterocycles. The summed E-state index contributed by atoms with van der Waals surface area (Å²) in [6, 6.07) is 13.2. The van der Waals surface area contributed by atoms with Crippen molar-refractivity contribution >= 4 is 11.5 Å². The molecule has 0 amide bonds. The van der Waals surface area contributed by atoms with Gasteiger partial charge in [0.2, 0.25) is 0 Å². The lowest BCUT2D eigenvalue weighted by atomic mass is 10.1. The lowest BCUT2D eigenvalue weighted by Crippen LogP contribution is -2.42. The Balaban J connectivity index is 1.78. The van der Waals surface area contributed by atoms with Gasteiger partial charge in [0.25, 0.3) is 0 Å². The van der Waals surface area contributed by atoms with Crippen LogP contribution in [0.15, 0.2) is 42.6 Å². The minimum absolute atomic E-state index is 0.382. The van der Waals surface area contributed by atoms with Gasteiger partial charge in [0, 0.05) is 31.0 Å². The number of likely N-dealkylation sites (tertiary alicyclic amines) is 1. The Kier molecular flexibility index (Phi) is 5.48. The van der Waals surface area contributed by atoms with E-state index in [9.17, 15) is 0 Å². The summed E-state index contributed by atoms with van der Waals surface area (Å²) in [6.45, 7) is 8.48. The molecule has 0 aliphatic carbocycles. The number of benzene rings is 1. The van der Waals surface area contributed by atoms with Gasteiger partial charge in [-0.1, -0.05) is 12.1 Å². The molecular weight excluding hydrogens is 296 g/mol. The van der Waals surface area contributed by atoms with Crippen LogP contribution in [-0.2, 0) is 0 Å². The Morgan fingerprint density at radius 3 is 2.46 bits per heavy atom. The second-order valence-corrected chi connectivity index (χ2v) is 6.86. The second kappa shape index (κ2) is 7.77. The zero-order valence-corrected chi connectivity index (χ0v) is 14.8. The van der Waals surface area contributed by atoms with Gasteiger partial charge in [-0.25, -0.2) is 4.98 Å². The van der Waals surface area contributed by atoms with Crippen LogP contribution in [0.3, 0.4) is 0 Å². The number of aromatic nitrogens is 1. The maximum atomic E-state index is 6.02. The van der Waals surface area contributed by atoms with Crippen molar-refractivity contribution in [1.29, 1.82) is 0 Å². The van der Waals surface area contributed by atoms with Crippen LogP contribution < -0.4 is 10.6 Å². The molecule has 0 spiro atoms. The summed E-state index contributed by atoms with van der Waals surface area (Å²) >= 11 is 0. The molecule has 2 N–H and O–H groups in total. The molecular formula is C20H28N4. The highest BCUT2D eigenvalue weighted by Gasteiger charge is 2.18. The lowest BCUT2D eigenvalue weighted by molar-refractivity contribution is 0.218. The van der Waals surface area contributed by atoms with Gasteiger partial charge in [-0.2, -0.15) is 0 Å². The average Bonchev–Trinajstić information content (AvgIpc) is 2.57. The Bertz CT molecular complexity index is 628. The number of hydrogen-bond donors (Lipinski definition) is 1. The quantitative estimate of drug-likeness (QED) is 0.917. The fourth-order valence-electron chi connectivity index (χ4n) is 3.41. The van der Waals surface area contributed by atoms with E-state index in [-0.39, 0.29) is 0 Å². The molecule has 1 saturated heterocycles. The predicted octanol–water partition coefficient (Wildman–Crippen LogP) is 3.26. The number of rotatable bonds is 5. The van der Waals surface area contributed by atoms with Crippen LogP contribution in [-0.4, -0.2) is 42.1 Å². The molecule has 0 unspecified atom stereocenters. The highest BCUT2D eigenvalue weighted by molar-refractivity contribution is 5.61. The van der Waals surface area contributed by atoms with E-state index in [1.165, 1.54) is 16.8 Å². The molecule has 1 fully saturated rings. The van der Waals surface area contributed by atoms with Crippen LogP contribution in [0.25, 0.3) is 0 Å². The highest BCUT2D eigenvalue weighted by atomic mass is 15.2. The van der Waals surface area contributed by atoms with Crippen molar-refractivity contribution in [3.8, 4) is 0 Å². The van der Waals surface area contributed by atoms with Gasteiger partial charge in [0.1, 0.15) is 5.82 Å². The number of nitrogens with two attached hydrogens (primary N) is 1. The molecule has 0 bridgehead atoms. The zero-order chi connectivity index (χ0) is 16.9. The molecule has 4 nitrogen and oxygen atoms in total. The molecule has 2 heterocycles. The topological polar surface area (TPSA) is 45.4 Å². The Morgan fingerprint density at radius 1 is 1.12 bits per heavy atom.